The van der Waals surface area contributed by atoms with Crippen LogP contribution in [0.2, 0.25) is 0 Å². The van der Waals surface area contributed by atoms with Crippen LogP contribution in [0, 0.1) is 0 Å². The van der Waals surface area contributed by atoms with E-state index in [1.807, 2.05) is 32.9 Å². The molecule has 1 aromatic carbocycles. The van der Waals surface area contributed by atoms with Crippen molar-refractivity contribution in [1.82, 2.24) is 9.13 Å². The molecule has 8 nitrogen and oxygen atoms in total. The highest BCUT2D eigenvalue weighted by Gasteiger charge is 2.19. The first-order chi connectivity index (χ1) is 14.9. The van der Waals surface area contributed by atoms with Crippen molar-refractivity contribution in [3.05, 3.63) is 65.7 Å². The Morgan fingerprint density at radius 2 is 1.56 bits per heavy atom. The fraction of sp³-hybridized carbons (Fsp3) is 0.292. The van der Waals surface area contributed by atoms with Crippen LogP contribution >= 0.6 is 0 Å². The second kappa shape index (κ2) is 8.74. The Hall–Kier alpha value is -3.81. The van der Waals surface area contributed by atoms with Gasteiger partial charge in [-0.2, -0.15) is 0 Å². The number of carbonyl (C=O) groups excluding carboxylic acids is 2. The molecule has 3 aromatic rings. The van der Waals surface area contributed by atoms with Crippen molar-refractivity contribution in [2.24, 2.45) is 14.1 Å². The normalized spacial score (nSPS) is 11.3. The smallest absolute Gasteiger partial charge is 0.352 e. The summed E-state index contributed by atoms with van der Waals surface area (Å²) >= 11 is 0. The van der Waals surface area contributed by atoms with E-state index in [2.05, 4.69) is 5.32 Å². The van der Waals surface area contributed by atoms with Gasteiger partial charge in [-0.15, -0.1) is 0 Å². The van der Waals surface area contributed by atoms with Crippen LogP contribution < -0.4 is 5.32 Å². The second-order valence-electron chi connectivity index (χ2n) is 8.67. The van der Waals surface area contributed by atoms with Crippen molar-refractivity contribution < 1.29 is 24.2 Å². The van der Waals surface area contributed by atoms with E-state index in [4.69, 9.17) is 4.74 Å². The number of aryl methyl sites for hydroxylation is 2. The molecule has 0 saturated heterocycles. The molecule has 1 amide bonds. The van der Waals surface area contributed by atoms with Crippen LogP contribution in [-0.2, 0) is 30.0 Å². The fourth-order valence-electron chi connectivity index (χ4n) is 3.38. The van der Waals surface area contributed by atoms with Gasteiger partial charge in [0.05, 0.1) is 6.42 Å². The average molecular weight is 437 g/mol. The van der Waals surface area contributed by atoms with Crippen LogP contribution in [0.25, 0.3) is 11.1 Å². The number of hydrogen-bond acceptors (Lipinski definition) is 4. The molecular weight excluding hydrogens is 410 g/mol. The number of ether oxygens (including phenoxy) is 1. The van der Waals surface area contributed by atoms with Gasteiger partial charge in [0.1, 0.15) is 17.0 Å². The number of anilines is 1. The summed E-state index contributed by atoms with van der Waals surface area (Å²) in [5.41, 5.74) is 2.96. The number of amides is 1. The predicted octanol–water partition coefficient (Wildman–Crippen LogP) is 3.87. The molecule has 8 heteroatoms. The molecule has 0 aliphatic heterocycles. The summed E-state index contributed by atoms with van der Waals surface area (Å²) in [4.78, 5) is 36.0. The highest BCUT2D eigenvalue weighted by molar-refractivity contribution is 6.03. The number of aromatic carboxylic acids is 1. The molecule has 0 atom stereocenters. The van der Waals surface area contributed by atoms with E-state index in [0.29, 0.717) is 16.9 Å². The molecule has 2 aromatic heterocycles. The minimum atomic E-state index is -0.990. The van der Waals surface area contributed by atoms with Crippen molar-refractivity contribution in [2.75, 3.05) is 5.32 Å². The average Bonchev–Trinajstić information content (AvgIpc) is 3.23. The van der Waals surface area contributed by atoms with Crippen LogP contribution in [0.5, 0.6) is 0 Å². The summed E-state index contributed by atoms with van der Waals surface area (Å²) in [5.74, 6) is -1.64. The van der Waals surface area contributed by atoms with Crippen LogP contribution in [0.1, 0.15) is 47.3 Å². The predicted molar refractivity (Wildman–Crippen MR) is 121 cm³/mol. The first-order valence-corrected chi connectivity index (χ1v) is 10.1. The molecule has 168 valence electrons. The zero-order chi connectivity index (χ0) is 23.6. The zero-order valence-corrected chi connectivity index (χ0v) is 18.8. The molecule has 32 heavy (non-hydrogen) atoms. The highest BCUT2D eigenvalue weighted by Crippen LogP contribution is 2.24. The third-order valence-corrected chi connectivity index (χ3v) is 4.76. The van der Waals surface area contributed by atoms with E-state index in [9.17, 15) is 19.5 Å². The maximum atomic E-state index is 12.7. The summed E-state index contributed by atoms with van der Waals surface area (Å²) in [6.45, 7) is 5.43. The summed E-state index contributed by atoms with van der Waals surface area (Å²) in [7, 11) is 3.42. The van der Waals surface area contributed by atoms with Gasteiger partial charge >= 0.3 is 11.9 Å². The molecule has 0 saturated carbocycles. The number of hydrogen-bond donors (Lipinski definition) is 2. The van der Waals surface area contributed by atoms with E-state index in [0.717, 1.165) is 11.1 Å². The summed E-state index contributed by atoms with van der Waals surface area (Å²) in [5, 5.41) is 12.0. The Kier molecular flexibility index (Phi) is 6.25. The van der Waals surface area contributed by atoms with Crippen LogP contribution in [0.15, 0.2) is 48.8 Å². The molecule has 0 radical (unpaired) electrons. The number of esters is 1. The third-order valence-electron chi connectivity index (χ3n) is 4.76. The van der Waals surface area contributed by atoms with Gasteiger partial charge in [0.25, 0.3) is 5.91 Å². The van der Waals surface area contributed by atoms with Crippen molar-refractivity contribution >= 4 is 23.5 Å². The topological polar surface area (TPSA) is 103 Å². The molecule has 0 fully saturated rings. The number of nitrogens with one attached hydrogen (secondary N) is 1. The number of benzene rings is 1. The van der Waals surface area contributed by atoms with Crippen molar-refractivity contribution in [3.8, 4) is 11.1 Å². The number of carboxylic acids is 1. The molecule has 3 rings (SSSR count). The zero-order valence-electron chi connectivity index (χ0n) is 18.8. The minimum absolute atomic E-state index is 0.0858. The lowest BCUT2D eigenvalue weighted by molar-refractivity contribution is -0.153. The van der Waals surface area contributed by atoms with Crippen molar-refractivity contribution in [2.45, 2.75) is 32.8 Å². The van der Waals surface area contributed by atoms with E-state index < -0.39 is 11.6 Å². The van der Waals surface area contributed by atoms with Gasteiger partial charge in [0.15, 0.2) is 0 Å². The quantitative estimate of drug-likeness (QED) is 0.570. The first kappa shape index (κ1) is 22.9. The number of aromatic nitrogens is 2. The van der Waals surface area contributed by atoms with E-state index in [1.165, 1.54) is 0 Å². The molecule has 0 aliphatic rings. The molecule has 0 unspecified atom stereocenters. The molecule has 0 bridgehead atoms. The summed E-state index contributed by atoms with van der Waals surface area (Å²) in [6.07, 6.45) is 3.56. The minimum Gasteiger partial charge on any atom is -0.477 e. The van der Waals surface area contributed by atoms with Gasteiger partial charge in [-0.3, -0.25) is 9.59 Å². The van der Waals surface area contributed by atoms with Gasteiger partial charge < -0.3 is 24.3 Å². The van der Waals surface area contributed by atoms with Crippen LogP contribution in [0.3, 0.4) is 0 Å². The monoisotopic (exact) mass is 437 g/mol. The molecule has 0 aliphatic carbocycles. The number of rotatable bonds is 6. The Bertz CT molecular complexity index is 1160. The van der Waals surface area contributed by atoms with Gasteiger partial charge in [-0.1, -0.05) is 12.1 Å². The van der Waals surface area contributed by atoms with Gasteiger partial charge in [0, 0.05) is 37.7 Å². The summed E-state index contributed by atoms with van der Waals surface area (Å²) in [6, 6.07) is 10.4. The maximum absolute atomic E-state index is 12.7. The SMILES string of the molecule is Cn1cc(-c2ccc(NC(=O)c3cc(CC(=O)OC(C)(C)C)cn3C)cc2)cc1C(=O)O. The first-order valence-electron chi connectivity index (χ1n) is 10.1. The fourth-order valence-corrected chi connectivity index (χ4v) is 3.38. The second-order valence-corrected chi connectivity index (χ2v) is 8.67. The van der Waals surface area contributed by atoms with E-state index in [1.54, 1.807) is 59.9 Å². The van der Waals surface area contributed by atoms with Gasteiger partial charge in [-0.25, -0.2) is 4.79 Å². The number of nitrogens with zero attached hydrogens (tertiary/aromatic N) is 2. The number of carbonyl (C=O) groups is 3. The Morgan fingerprint density at radius 1 is 0.938 bits per heavy atom. The largest absolute Gasteiger partial charge is 0.477 e. The Morgan fingerprint density at radius 3 is 2.12 bits per heavy atom. The van der Waals surface area contributed by atoms with Crippen molar-refractivity contribution in [3.63, 3.8) is 0 Å². The van der Waals surface area contributed by atoms with Crippen LogP contribution in [-0.4, -0.2) is 37.7 Å². The standard InChI is InChI=1S/C24H27N3O5/c1-24(2,3)32-21(28)11-15-10-19(26(4)13-15)22(29)25-18-8-6-16(7-9-18)17-12-20(23(30)31)27(5)14-17/h6-10,12-14H,11H2,1-5H3,(H,25,29)(H,30,31). The van der Waals surface area contributed by atoms with Gasteiger partial charge in [0.2, 0.25) is 0 Å². The lowest BCUT2D eigenvalue weighted by Gasteiger charge is -2.19. The lowest BCUT2D eigenvalue weighted by Crippen LogP contribution is -2.24. The molecule has 2 heterocycles. The summed E-state index contributed by atoms with van der Waals surface area (Å²) < 4.78 is 8.55. The van der Waals surface area contributed by atoms with Crippen LogP contribution in [0.4, 0.5) is 5.69 Å². The third kappa shape index (κ3) is 5.46. The van der Waals surface area contributed by atoms with Crippen molar-refractivity contribution in [1.29, 1.82) is 0 Å². The van der Waals surface area contributed by atoms with E-state index in [-0.39, 0.29) is 24.0 Å². The lowest BCUT2D eigenvalue weighted by atomic mass is 10.1. The molecule has 0 spiro atoms. The number of carboxylic acid groups (broad SMARTS) is 1. The molecular formula is C24H27N3O5. The molecule has 2 N–H and O–H groups in total. The highest BCUT2D eigenvalue weighted by atomic mass is 16.6. The Balaban J connectivity index is 1.68. The Labute approximate surface area is 186 Å². The van der Waals surface area contributed by atoms with E-state index >= 15 is 0 Å². The van der Waals surface area contributed by atoms with Gasteiger partial charge in [-0.05, 0) is 56.2 Å². The maximum Gasteiger partial charge on any atom is 0.352 e.